The number of carbonyl (C=O) groups is 1. The van der Waals surface area contributed by atoms with Crippen molar-refractivity contribution >= 4 is 27.3 Å². The summed E-state index contributed by atoms with van der Waals surface area (Å²) in [5.41, 5.74) is 0. The summed E-state index contributed by atoms with van der Waals surface area (Å²) in [5.74, 6) is 0.557. The average molecular weight is 344 g/mol. The van der Waals surface area contributed by atoms with Crippen molar-refractivity contribution in [2.75, 3.05) is 19.6 Å². The number of nitrogens with zero attached hydrogens (tertiary/aromatic N) is 3. The van der Waals surface area contributed by atoms with Crippen LogP contribution in [0.1, 0.15) is 21.5 Å². The molecule has 1 aliphatic heterocycles. The van der Waals surface area contributed by atoms with Gasteiger partial charge in [-0.2, -0.15) is 0 Å². The zero-order valence-corrected chi connectivity index (χ0v) is 14.0. The molecule has 0 bridgehead atoms. The van der Waals surface area contributed by atoms with E-state index in [-0.39, 0.29) is 17.8 Å². The van der Waals surface area contributed by atoms with Crippen LogP contribution in [-0.4, -0.2) is 40.0 Å². The van der Waals surface area contributed by atoms with E-state index in [4.69, 9.17) is 0 Å². The van der Waals surface area contributed by atoms with Gasteiger partial charge in [-0.15, -0.1) is 11.3 Å². The molecule has 1 unspecified atom stereocenters. The number of thiophene rings is 1. The smallest absolute Gasteiger partial charge is 0.264 e. The topological polar surface area (TPSA) is 50.2 Å². The fourth-order valence-corrected chi connectivity index (χ4v) is 4.14. The first kappa shape index (κ1) is 15.3. The van der Waals surface area contributed by atoms with Crippen molar-refractivity contribution in [3.63, 3.8) is 0 Å². The van der Waals surface area contributed by atoms with E-state index in [1.165, 1.54) is 23.5 Å². The summed E-state index contributed by atoms with van der Waals surface area (Å²) >= 11 is 1.41. The third-order valence-corrected chi connectivity index (χ3v) is 5.45. The molecule has 7 heteroatoms. The molecule has 5 nitrogen and oxygen atoms in total. The number of aromatic nitrogens is 2. The minimum atomic E-state index is -0.285. The van der Waals surface area contributed by atoms with Crippen LogP contribution in [0.5, 0.6) is 0 Å². The second-order valence-corrected chi connectivity index (χ2v) is 6.99. The molecule has 4 rings (SSSR count). The van der Waals surface area contributed by atoms with Crippen LogP contribution in [0.4, 0.5) is 4.39 Å². The largest absolute Gasteiger partial charge is 0.336 e. The lowest BCUT2D eigenvalue weighted by Gasteiger charge is -2.35. The summed E-state index contributed by atoms with van der Waals surface area (Å²) in [6.07, 6.45) is 3.63. The monoisotopic (exact) mass is 344 g/mol. The second-order valence-electron chi connectivity index (χ2n) is 5.91. The normalized spacial score (nSPS) is 18.2. The van der Waals surface area contributed by atoms with E-state index in [0.29, 0.717) is 18.0 Å². The molecular formula is C17H17FN4OS. The van der Waals surface area contributed by atoms with Crippen LogP contribution in [0.3, 0.4) is 0 Å². The van der Waals surface area contributed by atoms with Crippen LogP contribution in [0.2, 0.25) is 0 Å². The van der Waals surface area contributed by atoms with Gasteiger partial charge in [0.2, 0.25) is 0 Å². The zero-order chi connectivity index (χ0) is 16.7. The number of rotatable bonds is 2. The van der Waals surface area contributed by atoms with Gasteiger partial charge in [-0.3, -0.25) is 4.79 Å². The van der Waals surface area contributed by atoms with Crippen molar-refractivity contribution < 1.29 is 9.18 Å². The Morgan fingerprint density at radius 1 is 1.42 bits per heavy atom. The Hall–Kier alpha value is -2.25. The molecule has 1 aliphatic rings. The van der Waals surface area contributed by atoms with Crippen LogP contribution < -0.4 is 5.32 Å². The van der Waals surface area contributed by atoms with Crippen molar-refractivity contribution in [3.05, 3.63) is 53.2 Å². The van der Waals surface area contributed by atoms with E-state index in [0.717, 1.165) is 22.5 Å². The summed E-state index contributed by atoms with van der Waals surface area (Å²) < 4.78 is 16.2. The Morgan fingerprint density at radius 3 is 3.08 bits per heavy atom. The minimum Gasteiger partial charge on any atom is -0.336 e. The van der Waals surface area contributed by atoms with Gasteiger partial charge in [-0.25, -0.2) is 9.37 Å². The third kappa shape index (κ3) is 2.59. The Kier molecular flexibility index (Phi) is 3.82. The second kappa shape index (κ2) is 5.99. The molecular weight excluding hydrogens is 327 g/mol. The van der Waals surface area contributed by atoms with Gasteiger partial charge >= 0.3 is 0 Å². The zero-order valence-electron chi connectivity index (χ0n) is 13.2. The number of piperazine rings is 1. The number of imidazole rings is 1. The Morgan fingerprint density at radius 2 is 2.29 bits per heavy atom. The highest BCUT2D eigenvalue weighted by molar-refractivity contribution is 7.20. The maximum Gasteiger partial charge on any atom is 0.264 e. The quantitative estimate of drug-likeness (QED) is 0.777. The van der Waals surface area contributed by atoms with Gasteiger partial charge in [0.25, 0.3) is 5.91 Å². The minimum absolute atomic E-state index is 0.0221. The first-order chi connectivity index (χ1) is 11.6. The summed E-state index contributed by atoms with van der Waals surface area (Å²) in [6.45, 7) is 2.06. The lowest BCUT2D eigenvalue weighted by Crippen LogP contribution is -2.49. The molecule has 1 amide bonds. The molecule has 0 radical (unpaired) electrons. The predicted octanol–water partition coefficient (Wildman–Crippen LogP) is 2.56. The van der Waals surface area contributed by atoms with Gasteiger partial charge < -0.3 is 14.8 Å². The molecule has 0 aliphatic carbocycles. The van der Waals surface area contributed by atoms with Crippen molar-refractivity contribution in [3.8, 4) is 0 Å². The predicted molar refractivity (Wildman–Crippen MR) is 91.6 cm³/mol. The summed E-state index contributed by atoms with van der Waals surface area (Å²) in [4.78, 5) is 19.9. The van der Waals surface area contributed by atoms with Gasteiger partial charge in [0.15, 0.2) is 0 Å². The van der Waals surface area contributed by atoms with E-state index in [1.807, 2.05) is 22.7 Å². The number of hydrogen-bond donors (Lipinski definition) is 1. The third-order valence-electron chi connectivity index (χ3n) is 4.35. The molecule has 1 aromatic carbocycles. The number of hydrogen-bond acceptors (Lipinski definition) is 4. The lowest BCUT2D eigenvalue weighted by molar-refractivity contribution is 0.0626. The molecule has 1 fully saturated rings. The van der Waals surface area contributed by atoms with E-state index in [9.17, 15) is 9.18 Å². The fraction of sp³-hybridized carbons (Fsp3) is 0.294. The molecule has 1 saturated heterocycles. The van der Waals surface area contributed by atoms with Crippen LogP contribution >= 0.6 is 11.3 Å². The number of amides is 1. The highest BCUT2D eigenvalue weighted by Gasteiger charge is 2.31. The molecule has 3 aromatic rings. The molecule has 124 valence electrons. The lowest BCUT2D eigenvalue weighted by atomic mass is 10.1. The molecule has 1 atom stereocenters. The van der Waals surface area contributed by atoms with Crippen molar-refractivity contribution in [1.29, 1.82) is 0 Å². The highest BCUT2D eigenvalue weighted by Crippen LogP contribution is 2.30. The SMILES string of the molecule is Cn1ccnc1C1CNCCN1C(=O)c1cc2cc(F)ccc2s1. The molecule has 2 aromatic heterocycles. The van der Waals surface area contributed by atoms with Crippen LogP contribution in [0.15, 0.2) is 36.7 Å². The average Bonchev–Trinajstić information content (AvgIpc) is 3.19. The maximum atomic E-state index is 13.4. The number of aryl methyl sites for hydroxylation is 1. The Labute approximate surface area is 142 Å². The molecule has 24 heavy (non-hydrogen) atoms. The molecule has 0 saturated carbocycles. The summed E-state index contributed by atoms with van der Waals surface area (Å²) in [7, 11) is 1.93. The first-order valence-corrected chi connectivity index (χ1v) is 8.63. The number of halogens is 1. The molecule has 0 spiro atoms. The van der Waals surface area contributed by atoms with Crippen molar-refractivity contribution in [1.82, 2.24) is 19.8 Å². The van der Waals surface area contributed by atoms with Gasteiger partial charge in [0.05, 0.1) is 4.88 Å². The van der Waals surface area contributed by atoms with Crippen molar-refractivity contribution in [2.45, 2.75) is 6.04 Å². The van der Waals surface area contributed by atoms with Crippen LogP contribution in [0.25, 0.3) is 10.1 Å². The maximum absolute atomic E-state index is 13.4. The summed E-state index contributed by atoms with van der Waals surface area (Å²) in [5, 5.41) is 4.10. The molecule has 1 N–H and O–H groups in total. The number of benzene rings is 1. The van der Waals surface area contributed by atoms with Gasteiger partial charge in [-0.05, 0) is 29.7 Å². The van der Waals surface area contributed by atoms with Crippen LogP contribution in [-0.2, 0) is 7.05 Å². The van der Waals surface area contributed by atoms with Gasteiger partial charge in [0.1, 0.15) is 17.7 Å². The van der Waals surface area contributed by atoms with E-state index >= 15 is 0 Å². The van der Waals surface area contributed by atoms with Crippen LogP contribution in [0, 0.1) is 5.82 Å². The number of carbonyl (C=O) groups excluding carboxylic acids is 1. The Balaban J connectivity index is 1.69. The standard InChI is InChI=1S/C17H17FN4OS/c1-21-6-5-20-16(21)13-10-19-4-7-22(13)17(23)15-9-11-8-12(18)2-3-14(11)24-15/h2-3,5-6,8-9,13,19H,4,7,10H2,1H3. The van der Waals surface area contributed by atoms with E-state index < -0.39 is 0 Å². The van der Waals surface area contributed by atoms with E-state index in [2.05, 4.69) is 10.3 Å². The molecule has 3 heterocycles. The van der Waals surface area contributed by atoms with Crippen molar-refractivity contribution in [2.24, 2.45) is 7.05 Å². The number of fused-ring (bicyclic) bond motifs is 1. The fourth-order valence-electron chi connectivity index (χ4n) is 3.14. The van der Waals surface area contributed by atoms with Gasteiger partial charge in [-0.1, -0.05) is 0 Å². The summed E-state index contributed by atoms with van der Waals surface area (Å²) in [6, 6.07) is 6.29. The Bertz CT molecular complexity index is 903. The van der Waals surface area contributed by atoms with E-state index in [1.54, 1.807) is 18.3 Å². The highest BCUT2D eigenvalue weighted by atomic mass is 32.1. The number of nitrogens with one attached hydrogen (secondary N) is 1. The van der Waals surface area contributed by atoms with Gasteiger partial charge in [0, 0.05) is 43.8 Å². The first-order valence-electron chi connectivity index (χ1n) is 7.81.